The van der Waals surface area contributed by atoms with E-state index in [1.54, 1.807) is 0 Å². The fraction of sp³-hybridized carbons (Fsp3) is 0.0625. The maximum absolute atomic E-state index is 11.6. The number of hydrogen-bond acceptors (Lipinski definition) is 4. The molecule has 0 aliphatic carbocycles. The number of amides is 1. The highest BCUT2D eigenvalue weighted by atomic mass is 32.1. The standard InChI is InChI=1S/C16H14N2O2S/c17-18-16(19)15-12(8-9-21-15)10-20-14-7-3-5-11-4-1-2-6-13(11)14/h1-9H,10,17H2,(H,18,19). The number of fused-ring (bicyclic) bond motifs is 1. The summed E-state index contributed by atoms with van der Waals surface area (Å²) in [5, 5.41) is 4.03. The minimum absolute atomic E-state index is 0.290. The summed E-state index contributed by atoms with van der Waals surface area (Å²) in [6, 6.07) is 15.8. The Morgan fingerprint density at radius 1 is 1.14 bits per heavy atom. The van der Waals surface area contributed by atoms with Crippen LogP contribution in [0.3, 0.4) is 0 Å². The molecule has 1 amide bonds. The molecule has 5 heteroatoms. The van der Waals surface area contributed by atoms with Gasteiger partial charge in [-0.1, -0.05) is 36.4 Å². The molecule has 3 rings (SSSR count). The summed E-state index contributed by atoms with van der Waals surface area (Å²) in [7, 11) is 0. The van der Waals surface area contributed by atoms with E-state index in [1.807, 2.05) is 53.9 Å². The van der Waals surface area contributed by atoms with E-state index in [1.165, 1.54) is 11.3 Å². The average molecular weight is 298 g/mol. The number of hydrazine groups is 1. The number of nitrogens with one attached hydrogen (secondary N) is 1. The lowest BCUT2D eigenvalue weighted by Crippen LogP contribution is -2.30. The minimum atomic E-state index is -0.290. The summed E-state index contributed by atoms with van der Waals surface area (Å²) in [5.41, 5.74) is 2.98. The van der Waals surface area contributed by atoms with Crippen molar-refractivity contribution in [2.45, 2.75) is 6.61 Å². The summed E-state index contributed by atoms with van der Waals surface area (Å²) in [5.74, 6) is 5.69. The first-order valence-corrected chi connectivity index (χ1v) is 7.35. The van der Waals surface area contributed by atoms with Gasteiger partial charge >= 0.3 is 0 Å². The summed E-state index contributed by atoms with van der Waals surface area (Å²) in [4.78, 5) is 12.2. The molecular formula is C16H14N2O2S. The molecular weight excluding hydrogens is 284 g/mol. The summed E-state index contributed by atoms with van der Waals surface area (Å²) in [6.07, 6.45) is 0. The third-order valence-corrected chi connectivity index (χ3v) is 4.17. The Bertz CT molecular complexity index is 777. The molecule has 0 aliphatic heterocycles. The number of nitrogen functional groups attached to an aromatic ring is 1. The predicted molar refractivity (Wildman–Crippen MR) is 84.3 cm³/mol. The predicted octanol–water partition coefficient (Wildman–Crippen LogP) is 3.08. The molecule has 106 valence electrons. The van der Waals surface area contributed by atoms with Crippen LogP contribution < -0.4 is 16.0 Å². The van der Waals surface area contributed by atoms with Gasteiger partial charge in [0, 0.05) is 10.9 Å². The van der Waals surface area contributed by atoms with Crippen LogP contribution in [0.5, 0.6) is 5.75 Å². The van der Waals surface area contributed by atoms with Crippen molar-refractivity contribution in [3.05, 3.63) is 64.4 Å². The van der Waals surface area contributed by atoms with E-state index in [9.17, 15) is 4.79 Å². The molecule has 0 unspecified atom stereocenters. The Labute approximate surface area is 126 Å². The van der Waals surface area contributed by atoms with Gasteiger partial charge < -0.3 is 4.74 Å². The number of hydrogen-bond donors (Lipinski definition) is 2. The van der Waals surface area contributed by atoms with Crippen LogP contribution in [0.25, 0.3) is 10.8 Å². The first-order chi connectivity index (χ1) is 10.3. The first kappa shape index (κ1) is 13.6. The highest BCUT2D eigenvalue weighted by Gasteiger charge is 2.12. The number of ether oxygens (including phenoxy) is 1. The van der Waals surface area contributed by atoms with Crippen LogP contribution in [0, 0.1) is 0 Å². The third-order valence-electron chi connectivity index (χ3n) is 3.22. The van der Waals surface area contributed by atoms with Gasteiger partial charge in [0.2, 0.25) is 0 Å². The van der Waals surface area contributed by atoms with Crippen molar-refractivity contribution >= 4 is 28.0 Å². The van der Waals surface area contributed by atoms with E-state index >= 15 is 0 Å². The molecule has 0 spiro atoms. The summed E-state index contributed by atoms with van der Waals surface area (Å²) < 4.78 is 5.88. The van der Waals surface area contributed by atoms with Gasteiger partial charge in [-0.2, -0.15) is 0 Å². The fourth-order valence-corrected chi connectivity index (χ4v) is 3.00. The number of carbonyl (C=O) groups is 1. The van der Waals surface area contributed by atoms with Crippen molar-refractivity contribution in [3.8, 4) is 5.75 Å². The van der Waals surface area contributed by atoms with E-state index in [4.69, 9.17) is 10.6 Å². The van der Waals surface area contributed by atoms with E-state index in [0.29, 0.717) is 11.5 Å². The molecule has 0 aliphatic rings. The number of carbonyl (C=O) groups excluding carboxylic acids is 1. The molecule has 0 atom stereocenters. The van der Waals surface area contributed by atoms with Crippen molar-refractivity contribution in [2.75, 3.05) is 0 Å². The SMILES string of the molecule is NNC(=O)c1sccc1COc1cccc2ccccc12. The van der Waals surface area contributed by atoms with Gasteiger partial charge in [-0.05, 0) is 22.9 Å². The monoisotopic (exact) mass is 298 g/mol. The maximum atomic E-state index is 11.6. The molecule has 4 nitrogen and oxygen atoms in total. The molecule has 21 heavy (non-hydrogen) atoms. The quantitative estimate of drug-likeness (QED) is 0.442. The first-order valence-electron chi connectivity index (χ1n) is 6.47. The maximum Gasteiger partial charge on any atom is 0.275 e. The van der Waals surface area contributed by atoms with Crippen molar-refractivity contribution < 1.29 is 9.53 Å². The highest BCUT2D eigenvalue weighted by Crippen LogP contribution is 2.27. The number of rotatable bonds is 4. The van der Waals surface area contributed by atoms with Gasteiger partial charge in [0.25, 0.3) is 5.91 Å². The summed E-state index contributed by atoms with van der Waals surface area (Å²) in [6.45, 7) is 0.334. The smallest absolute Gasteiger partial charge is 0.275 e. The Morgan fingerprint density at radius 2 is 1.95 bits per heavy atom. The third kappa shape index (κ3) is 2.74. The molecule has 0 saturated heterocycles. The second-order valence-corrected chi connectivity index (χ2v) is 5.43. The highest BCUT2D eigenvalue weighted by molar-refractivity contribution is 7.12. The second-order valence-electron chi connectivity index (χ2n) is 4.51. The van der Waals surface area contributed by atoms with Gasteiger partial charge in [0.1, 0.15) is 12.4 Å². The Morgan fingerprint density at radius 3 is 2.81 bits per heavy atom. The topological polar surface area (TPSA) is 64.3 Å². The lowest BCUT2D eigenvalue weighted by Gasteiger charge is -2.09. The van der Waals surface area contributed by atoms with Crippen LogP contribution in [0.1, 0.15) is 15.2 Å². The van der Waals surface area contributed by atoms with E-state index < -0.39 is 0 Å². The Hall–Kier alpha value is -2.37. The van der Waals surface area contributed by atoms with Crippen molar-refractivity contribution in [1.29, 1.82) is 0 Å². The minimum Gasteiger partial charge on any atom is -0.488 e. The Kier molecular flexibility index (Phi) is 3.85. The molecule has 0 bridgehead atoms. The van der Waals surface area contributed by atoms with Crippen molar-refractivity contribution in [1.82, 2.24) is 5.43 Å². The molecule has 0 saturated carbocycles. The van der Waals surface area contributed by atoms with Crippen LogP contribution in [0.15, 0.2) is 53.9 Å². The average Bonchev–Trinajstić information content (AvgIpc) is 3.00. The van der Waals surface area contributed by atoms with Crippen molar-refractivity contribution in [3.63, 3.8) is 0 Å². The van der Waals surface area contributed by atoms with Gasteiger partial charge in [-0.25, -0.2) is 5.84 Å². The van der Waals surface area contributed by atoms with Gasteiger partial charge in [-0.15, -0.1) is 11.3 Å². The fourth-order valence-electron chi connectivity index (χ4n) is 2.19. The van der Waals surface area contributed by atoms with Gasteiger partial charge in [0.15, 0.2) is 0 Å². The zero-order valence-corrected chi connectivity index (χ0v) is 12.0. The zero-order chi connectivity index (χ0) is 14.7. The Balaban J connectivity index is 1.84. The van der Waals surface area contributed by atoms with Crippen LogP contribution in [0.4, 0.5) is 0 Å². The van der Waals surface area contributed by atoms with Crippen LogP contribution >= 0.6 is 11.3 Å². The molecule has 1 aromatic heterocycles. The molecule has 2 aromatic carbocycles. The lowest BCUT2D eigenvalue weighted by molar-refractivity contribution is 0.0955. The van der Waals surface area contributed by atoms with E-state index in [2.05, 4.69) is 5.43 Å². The second kappa shape index (κ2) is 5.95. The molecule has 3 aromatic rings. The number of benzene rings is 2. The number of thiophene rings is 1. The van der Waals surface area contributed by atoms with E-state index in [-0.39, 0.29) is 5.91 Å². The normalized spacial score (nSPS) is 10.5. The summed E-state index contributed by atoms with van der Waals surface area (Å²) >= 11 is 1.35. The largest absolute Gasteiger partial charge is 0.488 e. The van der Waals surface area contributed by atoms with Crippen LogP contribution in [0.2, 0.25) is 0 Å². The van der Waals surface area contributed by atoms with E-state index in [0.717, 1.165) is 22.1 Å². The van der Waals surface area contributed by atoms with Crippen molar-refractivity contribution in [2.24, 2.45) is 5.84 Å². The molecule has 1 heterocycles. The van der Waals surface area contributed by atoms with Gasteiger partial charge in [-0.3, -0.25) is 10.2 Å². The van der Waals surface area contributed by atoms with Gasteiger partial charge in [0.05, 0.1) is 4.88 Å². The van der Waals surface area contributed by atoms with Crippen LogP contribution in [-0.4, -0.2) is 5.91 Å². The number of nitrogens with two attached hydrogens (primary N) is 1. The lowest BCUT2D eigenvalue weighted by atomic mass is 10.1. The molecule has 0 fully saturated rings. The molecule has 3 N–H and O–H groups in total. The zero-order valence-electron chi connectivity index (χ0n) is 11.2. The van der Waals surface area contributed by atoms with Crippen LogP contribution in [-0.2, 0) is 6.61 Å². The molecule has 0 radical (unpaired) electrons.